The molecule has 10 heteroatoms. The lowest BCUT2D eigenvalue weighted by Gasteiger charge is -2.47. The molecular weight excluding hydrogens is 554 g/mol. The summed E-state index contributed by atoms with van der Waals surface area (Å²) in [5.74, 6) is -3.99. The van der Waals surface area contributed by atoms with E-state index in [4.69, 9.17) is 23.7 Å². The molecule has 2 rings (SSSR count). The van der Waals surface area contributed by atoms with Crippen LogP contribution in [0.1, 0.15) is 78.6 Å². The molecule has 9 atom stereocenters. The number of nitrogens with zero attached hydrogens (tertiary/aromatic N) is 1. The first kappa shape index (κ1) is 36.5. The summed E-state index contributed by atoms with van der Waals surface area (Å²) in [5.41, 5.74) is -1.55. The predicted molar refractivity (Wildman–Crippen MR) is 161 cm³/mol. The van der Waals surface area contributed by atoms with E-state index in [9.17, 15) is 19.2 Å². The summed E-state index contributed by atoms with van der Waals surface area (Å²) in [7, 11) is 5.27. The molecule has 1 fully saturated rings. The van der Waals surface area contributed by atoms with Crippen molar-refractivity contribution in [1.29, 1.82) is 0 Å². The van der Waals surface area contributed by atoms with E-state index in [1.54, 1.807) is 65.8 Å². The number of aldehydes is 1. The zero-order valence-corrected chi connectivity index (χ0v) is 27.6. The third-order valence-electron chi connectivity index (χ3n) is 7.90. The Balaban J connectivity index is 2.54. The van der Waals surface area contributed by atoms with Crippen molar-refractivity contribution in [2.45, 2.75) is 110 Å². The fourth-order valence-corrected chi connectivity index (χ4v) is 5.52. The first-order chi connectivity index (χ1) is 19.9. The van der Waals surface area contributed by atoms with E-state index < -0.39 is 65.2 Å². The highest BCUT2D eigenvalue weighted by molar-refractivity contribution is 6.00. The van der Waals surface area contributed by atoms with Gasteiger partial charge in [0.15, 0.2) is 18.2 Å². The number of ketones is 1. The van der Waals surface area contributed by atoms with Gasteiger partial charge in [0, 0.05) is 18.9 Å². The standard InChI is InChI=1S/C33H51NO9/c1-20(19-35)18-33(8,39-11)28(22(3)26(36)23(4)29(37)43-32(5,6)7)42-31-27(25(34(9)10)17-21(2)40-31)41-30(38)24-15-13-12-14-16-24/h12-16,19-23,25,27-28,31H,17-18H2,1-11H3/t20-,21-,22+,23-,25+,27-,28-,31?,33-/m1/s1. The van der Waals surface area contributed by atoms with E-state index >= 15 is 0 Å². The molecule has 0 radical (unpaired) electrons. The second kappa shape index (κ2) is 15.4. The molecule has 0 bridgehead atoms. The quantitative estimate of drug-likeness (QED) is 0.171. The predicted octanol–water partition coefficient (Wildman–Crippen LogP) is 4.48. The van der Waals surface area contributed by atoms with Gasteiger partial charge in [0.1, 0.15) is 17.8 Å². The number of rotatable bonds is 14. The Kier molecular flexibility index (Phi) is 13.1. The largest absolute Gasteiger partial charge is 0.459 e. The average Bonchev–Trinajstić information content (AvgIpc) is 2.94. The zero-order valence-electron chi connectivity index (χ0n) is 27.6. The molecule has 1 aromatic carbocycles. The van der Waals surface area contributed by atoms with Crippen molar-refractivity contribution in [1.82, 2.24) is 4.90 Å². The van der Waals surface area contributed by atoms with Crippen molar-refractivity contribution in [2.24, 2.45) is 17.8 Å². The highest BCUT2D eigenvalue weighted by Crippen LogP contribution is 2.36. The summed E-state index contributed by atoms with van der Waals surface area (Å²) in [4.78, 5) is 53.6. The Hall–Kier alpha value is -2.66. The van der Waals surface area contributed by atoms with Crippen molar-refractivity contribution in [3.63, 3.8) is 0 Å². The molecule has 0 amide bonds. The van der Waals surface area contributed by atoms with Crippen molar-refractivity contribution in [2.75, 3.05) is 21.2 Å². The molecule has 1 aliphatic heterocycles. The molecule has 0 aliphatic carbocycles. The number of likely N-dealkylation sites (N-methyl/N-ethyl adjacent to an activating group) is 1. The van der Waals surface area contributed by atoms with E-state index in [0.29, 0.717) is 12.0 Å². The molecule has 43 heavy (non-hydrogen) atoms. The van der Waals surface area contributed by atoms with Crippen LogP contribution in [-0.4, -0.2) is 92.0 Å². The third-order valence-corrected chi connectivity index (χ3v) is 7.90. The summed E-state index contributed by atoms with van der Waals surface area (Å²) < 4.78 is 30.4. The second-order valence-electron chi connectivity index (χ2n) is 13.2. The van der Waals surface area contributed by atoms with E-state index in [-0.39, 0.29) is 18.6 Å². The molecule has 10 nitrogen and oxygen atoms in total. The topological polar surface area (TPSA) is 118 Å². The van der Waals surface area contributed by atoms with Gasteiger partial charge in [-0.3, -0.25) is 9.59 Å². The van der Waals surface area contributed by atoms with Crippen LogP contribution in [0, 0.1) is 17.8 Å². The Labute approximate surface area is 256 Å². The molecule has 1 aromatic rings. The Morgan fingerprint density at radius 2 is 1.67 bits per heavy atom. The maximum atomic E-state index is 13.8. The Morgan fingerprint density at radius 3 is 2.19 bits per heavy atom. The fraction of sp³-hybridized carbons (Fsp3) is 0.697. The summed E-state index contributed by atoms with van der Waals surface area (Å²) in [6.07, 6.45) is -1.59. The van der Waals surface area contributed by atoms with Gasteiger partial charge >= 0.3 is 11.9 Å². The molecule has 242 valence electrons. The first-order valence-electron chi connectivity index (χ1n) is 14.9. The van der Waals surface area contributed by atoms with Crippen LogP contribution in [0.2, 0.25) is 0 Å². The SMILES string of the molecule is CO[C@](C)(C[C@@H](C)C=O)[C@H](OC1O[C@H](C)C[C@H](N(C)C)[C@H]1OC(=O)c1ccccc1)[C@@H](C)C(=O)[C@@H](C)C(=O)OC(C)(C)C. The number of esters is 2. The fourth-order valence-electron chi connectivity index (χ4n) is 5.52. The minimum Gasteiger partial charge on any atom is -0.459 e. The smallest absolute Gasteiger partial charge is 0.338 e. The van der Waals surface area contributed by atoms with Crippen molar-refractivity contribution in [3.05, 3.63) is 35.9 Å². The van der Waals surface area contributed by atoms with Crippen molar-refractivity contribution >= 4 is 24.0 Å². The van der Waals surface area contributed by atoms with Crippen molar-refractivity contribution in [3.8, 4) is 0 Å². The number of benzene rings is 1. The van der Waals surface area contributed by atoms with E-state index in [2.05, 4.69) is 0 Å². The number of ether oxygens (including phenoxy) is 5. The lowest BCUT2D eigenvalue weighted by atomic mass is 9.78. The van der Waals surface area contributed by atoms with Crippen LogP contribution in [0.25, 0.3) is 0 Å². The van der Waals surface area contributed by atoms with Gasteiger partial charge in [0.05, 0.1) is 29.4 Å². The number of Topliss-reactive ketones (excluding diaryl/α,β-unsaturated/α-hetero) is 1. The highest BCUT2D eigenvalue weighted by Gasteiger charge is 2.50. The van der Waals surface area contributed by atoms with E-state index in [1.807, 2.05) is 32.0 Å². The molecule has 0 N–H and O–H groups in total. The summed E-state index contributed by atoms with van der Waals surface area (Å²) in [6.45, 7) is 13.8. The van der Waals surface area contributed by atoms with Gasteiger partial charge in [0.25, 0.3) is 0 Å². The van der Waals surface area contributed by atoms with Gasteiger partial charge in [-0.1, -0.05) is 32.0 Å². The first-order valence-corrected chi connectivity index (χ1v) is 14.9. The van der Waals surface area contributed by atoms with Crippen LogP contribution in [0.15, 0.2) is 30.3 Å². The van der Waals surface area contributed by atoms with Gasteiger partial charge in [0.2, 0.25) is 0 Å². The summed E-state index contributed by atoms with van der Waals surface area (Å²) in [5, 5.41) is 0. The number of carbonyl (C=O) groups excluding carboxylic acids is 4. The van der Waals surface area contributed by atoms with Gasteiger partial charge in [-0.05, 0) is 80.6 Å². The van der Waals surface area contributed by atoms with Crippen LogP contribution >= 0.6 is 0 Å². The average molecular weight is 606 g/mol. The van der Waals surface area contributed by atoms with Gasteiger partial charge < -0.3 is 33.4 Å². The third kappa shape index (κ3) is 9.93. The molecular formula is C33H51NO9. The van der Waals surface area contributed by atoms with Crippen LogP contribution in [0.3, 0.4) is 0 Å². The monoisotopic (exact) mass is 605 g/mol. The highest BCUT2D eigenvalue weighted by atomic mass is 16.7. The maximum absolute atomic E-state index is 13.8. The number of methoxy groups -OCH3 is 1. The summed E-state index contributed by atoms with van der Waals surface area (Å²) >= 11 is 0. The molecule has 0 aromatic heterocycles. The summed E-state index contributed by atoms with van der Waals surface area (Å²) in [6, 6.07) is 8.38. The molecule has 0 spiro atoms. The molecule has 0 saturated carbocycles. The molecule has 1 heterocycles. The molecule has 1 unspecified atom stereocenters. The number of hydrogen-bond acceptors (Lipinski definition) is 10. The lowest BCUT2D eigenvalue weighted by molar-refractivity contribution is -0.294. The van der Waals surface area contributed by atoms with E-state index in [0.717, 1.165) is 6.29 Å². The molecule has 1 saturated heterocycles. The number of hydrogen-bond donors (Lipinski definition) is 0. The zero-order chi connectivity index (χ0) is 32.7. The van der Waals surface area contributed by atoms with Crippen LogP contribution in [0.4, 0.5) is 0 Å². The van der Waals surface area contributed by atoms with E-state index in [1.165, 1.54) is 14.0 Å². The van der Waals surface area contributed by atoms with Crippen LogP contribution < -0.4 is 0 Å². The Morgan fingerprint density at radius 1 is 1.07 bits per heavy atom. The van der Waals surface area contributed by atoms with Gasteiger partial charge in [-0.25, -0.2) is 4.79 Å². The molecule has 1 aliphatic rings. The Bertz CT molecular complexity index is 1090. The van der Waals surface area contributed by atoms with Crippen LogP contribution in [-0.2, 0) is 38.1 Å². The van der Waals surface area contributed by atoms with Crippen molar-refractivity contribution < 1.29 is 42.9 Å². The lowest BCUT2D eigenvalue weighted by Crippen LogP contribution is -2.60. The van der Waals surface area contributed by atoms with Gasteiger partial charge in [-0.2, -0.15) is 0 Å². The van der Waals surface area contributed by atoms with Crippen LogP contribution in [0.5, 0.6) is 0 Å². The second-order valence-corrected chi connectivity index (χ2v) is 13.2. The maximum Gasteiger partial charge on any atom is 0.338 e. The van der Waals surface area contributed by atoms with Gasteiger partial charge in [-0.15, -0.1) is 0 Å². The number of carbonyl (C=O) groups is 4. The minimum atomic E-state index is -1.16. The minimum absolute atomic E-state index is 0.226. The normalized spacial score (nSPS) is 25.1.